The lowest BCUT2D eigenvalue weighted by Gasteiger charge is -2.29. The van der Waals surface area contributed by atoms with Gasteiger partial charge in [0, 0.05) is 11.3 Å². The summed E-state index contributed by atoms with van der Waals surface area (Å²) < 4.78 is 21.4. The van der Waals surface area contributed by atoms with E-state index in [1.807, 2.05) is 63.7 Å². The second kappa shape index (κ2) is 10.5. The minimum absolute atomic E-state index is 0.168. The van der Waals surface area contributed by atoms with E-state index in [0.717, 1.165) is 11.3 Å². The zero-order valence-electron chi connectivity index (χ0n) is 17.0. The molecule has 0 aliphatic rings. The van der Waals surface area contributed by atoms with Gasteiger partial charge in [-0.3, -0.25) is 4.79 Å². The van der Waals surface area contributed by atoms with E-state index in [4.69, 9.17) is 4.74 Å². The van der Waals surface area contributed by atoms with Crippen molar-refractivity contribution in [2.75, 3.05) is 5.75 Å². The Hall–Kier alpha value is -0.850. The van der Waals surface area contributed by atoms with Crippen molar-refractivity contribution in [3.05, 3.63) is 29.8 Å². The number of ether oxygens (including phenoxy) is 1. The van der Waals surface area contributed by atoms with Crippen molar-refractivity contribution < 1.29 is 13.7 Å². The molecular formula is C20H33NO3S2. The van der Waals surface area contributed by atoms with E-state index < -0.39 is 16.6 Å². The van der Waals surface area contributed by atoms with Crippen molar-refractivity contribution in [3.63, 3.8) is 0 Å². The third-order valence-corrected chi connectivity index (χ3v) is 6.61. The van der Waals surface area contributed by atoms with Crippen LogP contribution in [0.4, 0.5) is 0 Å². The Kier molecular flexibility index (Phi) is 9.34. The van der Waals surface area contributed by atoms with Crippen LogP contribution in [0.25, 0.3) is 0 Å². The Labute approximate surface area is 165 Å². The van der Waals surface area contributed by atoms with Gasteiger partial charge in [0.25, 0.3) is 0 Å². The van der Waals surface area contributed by atoms with Crippen LogP contribution in [-0.4, -0.2) is 32.8 Å². The lowest BCUT2D eigenvalue weighted by atomic mass is 9.97. The highest BCUT2D eigenvalue weighted by atomic mass is 32.2. The standard InChI is InChI=1S/C20H33NO3S2/c1-8-25-16(4)15(3)18(13-19(22)24-20(5,6)7)21-26(23)17-11-9-14(2)10-12-17/h9-12,15-16,18,21H,8,13H2,1-7H3/t15-,16+,18-,26+/m1/s1. The van der Waals surface area contributed by atoms with Crippen LogP contribution in [-0.2, 0) is 20.5 Å². The second-order valence-electron chi connectivity index (χ2n) is 7.62. The zero-order chi connectivity index (χ0) is 19.9. The first-order chi connectivity index (χ1) is 12.0. The average molecular weight is 400 g/mol. The zero-order valence-corrected chi connectivity index (χ0v) is 18.6. The summed E-state index contributed by atoms with van der Waals surface area (Å²) in [7, 11) is -1.37. The van der Waals surface area contributed by atoms with Gasteiger partial charge in [-0.15, -0.1) is 0 Å². The highest BCUT2D eigenvalue weighted by molar-refractivity contribution is 7.99. The van der Waals surface area contributed by atoms with Gasteiger partial charge in [0.1, 0.15) is 16.6 Å². The predicted molar refractivity (Wildman–Crippen MR) is 112 cm³/mol. The number of hydrogen-bond acceptors (Lipinski definition) is 4. The smallest absolute Gasteiger partial charge is 0.307 e. The van der Waals surface area contributed by atoms with E-state index in [1.165, 1.54) is 0 Å². The van der Waals surface area contributed by atoms with E-state index in [9.17, 15) is 9.00 Å². The minimum Gasteiger partial charge on any atom is -0.460 e. The van der Waals surface area contributed by atoms with Gasteiger partial charge in [-0.05, 0) is 51.5 Å². The van der Waals surface area contributed by atoms with Crippen LogP contribution in [0.5, 0.6) is 0 Å². The van der Waals surface area contributed by atoms with Crippen LogP contribution < -0.4 is 4.72 Å². The summed E-state index contributed by atoms with van der Waals surface area (Å²) in [6.07, 6.45) is 0.199. The summed E-state index contributed by atoms with van der Waals surface area (Å²) in [5, 5.41) is 0.343. The Morgan fingerprint density at radius 3 is 2.31 bits per heavy atom. The average Bonchev–Trinajstić information content (AvgIpc) is 2.52. The summed E-state index contributed by atoms with van der Waals surface area (Å²) in [6, 6.07) is 7.38. The number of aryl methyl sites for hydroxylation is 1. The van der Waals surface area contributed by atoms with Crippen molar-refractivity contribution in [1.29, 1.82) is 0 Å². The number of hydrogen-bond donors (Lipinski definition) is 1. The molecule has 26 heavy (non-hydrogen) atoms. The first-order valence-corrected chi connectivity index (χ1v) is 11.3. The summed E-state index contributed by atoms with van der Waals surface area (Å²) in [6.45, 7) is 13.9. The van der Waals surface area contributed by atoms with Crippen molar-refractivity contribution >= 4 is 28.7 Å². The molecule has 0 saturated heterocycles. The first kappa shape index (κ1) is 23.2. The molecule has 0 unspecified atom stereocenters. The molecule has 0 aromatic heterocycles. The Bertz CT molecular complexity index is 596. The van der Waals surface area contributed by atoms with Gasteiger partial charge >= 0.3 is 5.97 Å². The molecule has 0 heterocycles. The van der Waals surface area contributed by atoms with Crippen LogP contribution >= 0.6 is 11.8 Å². The fraction of sp³-hybridized carbons (Fsp3) is 0.650. The SMILES string of the molecule is CCS[C@@H](C)[C@@H](C)[C@@H](CC(=O)OC(C)(C)C)N[S@@](=O)c1ccc(C)cc1. The van der Waals surface area contributed by atoms with E-state index >= 15 is 0 Å². The van der Waals surface area contributed by atoms with E-state index in [2.05, 4.69) is 25.5 Å². The highest BCUT2D eigenvalue weighted by Gasteiger charge is 2.29. The largest absolute Gasteiger partial charge is 0.460 e. The van der Waals surface area contributed by atoms with Crippen molar-refractivity contribution in [3.8, 4) is 0 Å². The molecule has 0 saturated carbocycles. The maximum Gasteiger partial charge on any atom is 0.307 e. The number of rotatable bonds is 9. The van der Waals surface area contributed by atoms with Crippen molar-refractivity contribution in [1.82, 2.24) is 4.72 Å². The highest BCUT2D eigenvalue weighted by Crippen LogP contribution is 2.25. The van der Waals surface area contributed by atoms with Crippen LogP contribution in [0.2, 0.25) is 0 Å². The Morgan fingerprint density at radius 1 is 1.23 bits per heavy atom. The van der Waals surface area contributed by atoms with Gasteiger partial charge in [-0.1, -0.05) is 38.5 Å². The predicted octanol–water partition coefficient (Wildman–Crippen LogP) is 4.49. The molecule has 1 N–H and O–H groups in total. The maximum atomic E-state index is 12.8. The Morgan fingerprint density at radius 2 is 1.81 bits per heavy atom. The molecule has 0 radical (unpaired) electrons. The lowest BCUT2D eigenvalue weighted by Crippen LogP contribution is -2.42. The third-order valence-electron chi connectivity index (χ3n) is 4.10. The number of benzene rings is 1. The summed E-state index contributed by atoms with van der Waals surface area (Å²) >= 11 is 1.84. The van der Waals surface area contributed by atoms with Crippen LogP contribution in [0.3, 0.4) is 0 Å². The molecule has 4 nitrogen and oxygen atoms in total. The molecule has 1 aromatic rings. The fourth-order valence-corrected chi connectivity index (χ4v) is 4.62. The van der Waals surface area contributed by atoms with Crippen molar-refractivity contribution in [2.45, 2.75) is 76.7 Å². The quantitative estimate of drug-likeness (QED) is 0.622. The molecule has 4 atom stereocenters. The van der Waals surface area contributed by atoms with Crippen LogP contribution in [0, 0.1) is 12.8 Å². The van der Waals surface area contributed by atoms with E-state index in [1.54, 1.807) is 0 Å². The van der Waals surface area contributed by atoms with Crippen molar-refractivity contribution in [2.24, 2.45) is 5.92 Å². The van der Waals surface area contributed by atoms with Gasteiger partial charge in [0.2, 0.25) is 0 Å². The molecule has 148 valence electrons. The maximum absolute atomic E-state index is 12.8. The molecule has 1 aromatic carbocycles. The number of carbonyl (C=O) groups is 1. The molecule has 0 aliphatic carbocycles. The lowest BCUT2D eigenvalue weighted by molar-refractivity contribution is -0.155. The monoisotopic (exact) mass is 399 g/mol. The molecule has 6 heteroatoms. The van der Waals surface area contributed by atoms with Gasteiger partial charge < -0.3 is 4.74 Å². The van der Waals surface area contributed by atoms with Gasteiger partial charge in [0.05, 0.1) is 11.3 Å². The number of esters is 1. The molecular weight excluding hydrogens is 366 g/mol. The van der Waals surface area contributed by atoms with Crippen LogP contribution in [0.1, 0.15) is 53.5 Å². The molecule has 0 bridgehead atoms. The van der Waals surface area contributed by atoms with Crippen LogP contribution in [0.15, 0.2) is 29.2 Å². The van der Waals surface area contributed by atoms with E-state index in [0.29, 0.717) is 10.1 Å². The third kappa shape index (κ3) is 8.23. The number of carbonyl (C=O) groups excluding carboxylic acids is 1. The van der Waals surface area contributed by atoms with E-state index in [-0.39, 0.29) is 24.3 Å². The molecule has 0 aliphatic heterocycles. The summed E-state index contributed by atoms with van der Waals surface area (Å²) in [5.41, 5.74) is 0.600. The second-order valence-corrected chi connectivity index (χ2v) is 10.5. The van der Waals surface area contributed by atoms with Gasteiger partial charge in [0.15, 0.2) is 0 Å². The topological polar surface area (TPSA) is 55.4 Å². The normalized spacial score (nSPS) is 16.6. The fourth-order valence-electron chi connectivity index (χ4n) is 2.51. The summed E-state index contributed by atoms with van der Waals surface area (Å²) in [4.78, 5) is 13.1. The summed E-state index contributed by atoms with van der Waals surface area (Å²) in [5.74, 6) is 0.907. The molecule has 0 fully saturated rings. The number of nitrogens with one attached hydrogen (secondary N) is 1. The molecule has 0 spiro atoms. The number of thioether (sulfide) groups is 1. The first-order valence-electron chi connectivity index (χ1n) is 9.11. The molecule has 0 amide bonds. The Balaban J connectivity index is 2.90. The van der Waals surface area contributed by atoms with Gasteiger partial charge in [-0.2, -0.15) is 11.8 Å². The minimum atomic E-state index is -1.37. The molecule has 1 rings (SSSR count). The van der Waals surface area contributed by atoms with Gasteiger partial charge in [-0.25, -0.2) is 8.93 Å².